The van der Waals surface area contributed by atoms with Gasteiger partial charge in [-0.1, -0.05) is 30.7 Å². The van der Waals surface area contributed by atoms with Gasteiger partial charge in [-0.2, -0.15) is 0 Å². The predicted octanol–water partition coefficient (Wildman–Crippen LogP) is 2.66. The van der Waals surface area contributed by atoms with Gasteiger partial charge < -0.3 is 4.90 Å². The van der Waals surface area contributed by atoms with Crippen molar-refractivity contribution >= 4 is 23.1 Å². The fraction of sp³-hybridized carbons (Fsp3) is 0.389. The highest BCUT2D eigenvalue weighted by atomic mass is 35.5. The summed E-state index contributed by atoms with van der Waals surface area (Å²) < 4.78 is 2.03. The van der Waals surface area contributed by atoms with Crippen molar-refractivity contribution in [1.29, 1.82) is 0 Å². The van der Waals surface area contributed by atoms with Gasteiger partial charge in [0.1, 0.15) is 5.82 Å². The Labute approximate surface area is 152 Å². The summed E-state index contributed by atoms with van der Waals surface area (Å²) in [6.07, 6.45) is 4.61. The Morgan fingerprint density at radius 2 is 2.12 bits per heavy atom. The lowest BCUT2D eigenvalue weighted by Crippen LogP contribution is -2.58. The number of likely N-dealkylation sites (N-methyl/N-ethyl adjacent to an activating group) is 1. The van der Waals surface area contributed by atoms with Crippen LogP contribution in [-0.2, 0) is 13.0 Å². The third kappa shape index (κ3) is 3.07. The van der Waals surface area contributed by atoms with E-state index in [0.29, 0.717) is 6.04 Å². The van der Waals surface area contributed by atoms with Crippen LogP contribution in [0, 0.1) is 0 Å². The zero-order valence-corrected chi connectivity index (χ0v) is 15.2. The highest BCUT2D eigenvalue weighted by Gasteiger charge is 2.32. The van der Waals surface area contributed by atoms with Gasteiger partial charge in [-0.05, 0) is 24.7 Å². The molecule has 1 aliphatic rings. The Hall–Kier alpha value is -2.18. The number of benzene rings is 1. The molecule has 4 rings (SSSR count). The Balaban J connectivity index is 1.44. The molecule has 0 amide bonds. The standard InChI is InChI=1S/C18H21ClN6/c1-3-16-21-22-18-17(20-7-8-25(16)18)24-11-15(12-24)23(2)10-13-5-4-6-14(19)9-13/h4-9,15H,3,10-12H2,1-2H3. The third-order valence-electron chi connectivity index (χ3n) is 4.80. The molecule has 3 aromatic rings. The first-order valence-electron chi connectivity index (χ1n) is 8.54. The molecule has 6 nitrogen and oxygen atoms in total. The molecule has 3 heterocycles. The van der Waals surface area contributed by atoms with E-state index in [1.165, 1.54) is 5.56 Å². The molecule has 0 unspecified atom stereocenters. The zero-order chi connectivity index (χ0) is 17.4. The highest BCUT2D eigenvalue weighted by Crippen LogP contribution is 2.25. The number of aromatic nitrogens is 4. The summed E-state index contributed by atoms with van der Waals surface area (Å²) in [5.41, 5.74) is 2.08. The first kappa shape index (κ1) is 16.3. The molecule has 1 aliphatic heterocycles. The van der Waals surface area contributed by atoms with Gasteiger partial charge in [0.05, 0.1) is 0 Å². The van der Waals surface area contributed by atoms with Gasteiger partial charge in [-0.15, -0.1) is 10.2 Å². The minimum Gasteiger partial charge on any atom is -0.350 e. The second-order valence-corrected chi connectivity index (χ2v) is 6.95. The minimum atomic E-state index is 0.495. The molecule has 0 spiro atoms. The van der Waals surface area contributed by atoms with Crippen LogP contribution in [0.2, 0.25) is 5.02 Å². The molecule has 1 fully saturated rings. The van der Waals surface area contributed by atoms with E-state index in [1.54, 1.807) is 0 Å². The van der Waals surface area contributed by atoms with Gasteiger partial charge in [0.25, 0.3) is 0 Å². The molecule has 7 heteroatoms. The molecule has 0 saturated carbocycles. The van der Waals surface area contributed by atoms with Crippen molar-refractivity contribution in [2.75, 3.05) is 25.0 Å². The van der Waals surface area contributed by atoms with Crippen molar-refractivity contribution in [3.05, 3.63) is 53.1 Å². The average molecular weight is 357 g/mol. The van der Waals surface area contributed by atoms with Crippen LogP contribution < -0.4 is 4.90 Å². The smallest absolute Gasteiger partial charge is 0.203 e. The maximum Gasteiger partial charge on any atom is 0.203 e. The van der Waals surface area contributed by atoms with E-state index in [0.717, 1.165) is 48.4 Å². The monoisotopic (exact) mass is 356 g/mol. The average Bonchev–Trinajstić information content (AvgIpc) is 2.97. The van der Waals surface area contributed by atoms with Crippen LogP contribution >= 0.6 is 11.6 Å². The van der Waals surface area contributed by atoms with Gasteiger partial charge >= 0.3 is 0 Å². The van der Waals surface area contributed by atoms with Crippen LogP contribution in [0.4, 0.5) is 5.82 Å². The summed E-state index contributed by atoms with van der Waals surface area (Å²) in [6, 6.07) is 8.54. The van der Waals surface area contributed by atoms with Gasteiger partial charge in [0.2, 0.25) is 5.65 Å². The van der Waals surface area contributed by atoms with E-state index in [9.17, 15) is 0 Å². The molecule has 0 bridgehead atoms. The minimum absolute atomic E-state index is 0.495. The van der Waals surface area contributed by atoms with Crippen molar-refractivity contribution in [2.24, 2.45) is 0 Å². The van der Waals surface area contributed by atoms with E-state index in [2.05, 4.69) is 45.0 Å². The number of hydrogen-bond acceptors (Lipinski definition) is 5. The summed E-state index contributed by atoms with van der Waals surface area (Å²) in [4.78, 5) is 9.16. The number of anilines is 1. The molecule has 1 aromatic carbocycles. The van der Waals surface area contributed by atoms with Gasteiger partial charge in [0.15, 0.2) is 5.82 Å². The molecule has 0 aliphatic carbocycles. The Bertz CT molecular complexity index is 886. The normalized spacial score (nSPS) is 15.1. The van der Waals surface area contributed by atoms with Crippen molar-refractivity contribution in [3.8, 4) is 0 Å². The maximum absolute atomic E-state index is 6.08. The molecule has 130 valence electrons. The van der Waals surface area contributed by atoms with E-state index < -0.39 is 0 Å². The van der Waals surface area contributed by atoms with E-state index in [-0.39, 0.29) is 0 Å². The summed E-state index contributed by atoms with van der Waals surface area (Å²) in [7, 11) is 2.16. The number of hydrogen-bond donors (Lipinski definition) is 0. The number of rotatable bonds is 5. The maximum atomic E-state index is 6.08. The number of aryl methyl sites for hydroxylation is 1. The number of nitrogens with zero attached hydrogens (tertiary/aromatic N) is 6. The van der Waals surface area contributed by atoms with Gasteiger partial charge in [0, 0.05) is 49.5 Å². The molecule has 2 aromatic heterocycles. The molecule has 1 saturated heterocycles. The van der Waals surface area contributed by atoms with Crippen molar-refractivity contribution in [3.63, 3.8) is 0 Å². The third-order valence-corrected chi connectivity index (χ3v) is 5.04. The largest absolute Gasteiger partial charge is 0.350 e. The fourth-order valence-electron chi connectivity index (χ4n) is 3.28. The van der Waals surface area contributed by atoms with Crippen molar-refractivity contribution in [1.82, 2.24) is 24.5 Å². The summed E-state index contributed by atoms with van der Waals surface area (Å²) >= 11 is 6.08. The summed E-state index contributed by atoms with van der Waals surface area (Å²) in [6.45, 7) is 4.86. The second kappa shape index (κ2) is 6.61. The summed E-state index contributed by atoms with van der Waals surface area (Å²) in [5.74, 6) is 1.89. The molecular formula is C18H21ClN6. The Morgan fingerprint density at radius 3 is 2.88 bits per heavy atom. The SMILES string of the molecule is CCc1nnc2c(N3CC(N(C)Cc4cccc(Cl)c4)C3)nccn12. The van der Waals surface area contributed by atoms with Crippen LogP contribution in [0.3, 0.4) is 0 Å². The lowest BCUT2D eigenvalue weighted by atomic mass is 10.1. The van der Waals surface area contributed by atoms with Crippen LogP contribution in [0.25, 0.3) is 5.65 Å². The van der Waals surface area contributed by atoms with Crippen LogP contribution in [-0.4, -0.2) is 50.7 Å². The van der Waals surface area contributed by atoms with Gasteiger partial charge in [-0.3, -0.25) is 9.30 Å². The van der Waals surface area contributed by atoms with Crippen LogP contribution in [0.1, 0.15) is 18.3 Å². The predicted molar refractivity (Wildman–Crippen MR) is 99.1 cm³/mol. The van der Waals surface area contributed by atoms with Crippen molar-refractivity contribution < 1.29 is 0 Å². The molecule has 0 atom stereocenters. The lowest BCUT2D eigenvalue weighted by molar-refractivity contribution is 0.197. The molecular weight excluding hydrogens is 336 g/mol. The molecule has 0 N–H and O–H groups in total. The number of halogens is 1. The molecule has 0 radical (unpaired) electrons. The Morgan fingerprint density at radius 1 is 1.28 bits per heavy atom. The van der Waals surface area contributed by atoms with Crippen molar-refractivity contribution in [2.45, 2.75) is 25.9 Å². The quantitative estimate of drug-likeness (QED) is 0.703. The highest BCUT2D eigenvalue weighted by molar-refractivity contribution is 6.30. The fourth-order valence-corrected chi connectivity index (χ4v) is 3.50. The van der Waals surface area contributed by atoms with Crippen LogP contribution in [0.5, 0.6) is 0 Å². The lowest BCUT2D eigenvalue weighted by Gasteiger charge is -2.44. The van der Waals surface area contributed by atoms with Gasteiger partial charge in [-0.25, -0.2) is 4.98 Å². The van der Waals surface area contributed by atoms with E-state index >= 15 is 0 Å². The first-order chi connectivity index (χ1) is 12.2. The number of fused-ring (bicyclic) bond motifs is 1. The zero-order valence-electron chi connectivity index (χ0n) is 14.4. The topological polar surface area (TPSA) is 49.6 Å². The Kier molecular flexibility index (Phi) is 4.31. The summed E-state index contributed by atoms with van der Waals surface area (Å²) in [5, 5.41) is 9.36. The van der Waals surface area contributed by atoms with E-state index in [4.69, 9.17) is 11.6 Å². The van der Waals surface area contributed by atoms with Crippen LogP contribution in [0.15, 0.2) is 36.7 Å². The first-order valence-corrected chi connectivity index (χ1v) is 8.91. The van der Waals surface area contributed by atoms with E-state index in [1.807, 2.05) is 35.0 Å². The second-order valence-electron chi connectivity index (χ2n) is 6.52. The molecule has 25 heavy (non-hydrogen) atoms.